The van der Waals surface area contributed by atoms with Crippen molar-refractivity contribution in [3.05, 3.63) is 89.5 Å². The third kappa shape index (κ3) is 2.99. The lowest BCUT2D eigenvalue weighted by atomic mass is 9.91. The molecule has 0 aromatic heterocycles. The Morgan fingerprint density at radius 1 is 0.963 bits per heavy atom. The first kappa shape index (κ1) is 17.0. The average molecular weight is 357 g/mol. The molecule has 4 rings (SSSR count). The standard InChI is InChI=1S/C23H19NO3/c1-15(23(26)27)19-12-11-18(13-21(19)16-7-3-2-4-8-16)24-14-17-9-5-6-10-20(17)22(24)25/h2-13,15H,14H2,1H3,(H,26,27). The van der Waals surface area contributed by atoms with Crippen molar-refractivity contribution in [1.82, 2.24) is 0 Å². The minimum absolute atomic E-state index is 0.0244. The van der Waals surface area contributed by atoms with Crippen LogP contribution in [0.5, 0.6) is 0 Å². The van der Waals surface area contributed by atoms with Crippen molar-refractivity contribution in [2.24, 2.45) is 0 Å². The fraction of sp³-hybridized carbons (Fsp3) is 0.130. The molecule has 0 radical (unpaired) electrons. The summed E-state index contributed by atoms with van der Waals surface area (Å²) in [5.74, 6) is -1.53. The van der Waals surface area contributed by atoms with Crippen molar-refractivity contribution in [1.29, 1.82) is 0 Å². The highest BCUT2D eigenvalue weighted by molar-refractivity contribution is 6.10. The maximum Gasteiger partial charge on any atom is 0.310 e. The Hall–Kier alpha value is -3.40. The fourth-order valence-corrected chi connectivity index (χ4v) is 3.55. The van der Waals surface area contributed by atoms with Gasteiger partial charge in [-0.05, 0) is 47.4 Å². The van der Waals surface area contributed by atoms with Crippen molar-refractivity contribution < 1.29 is 14.7 Å². The summed E-state index contributed by atoms with van der Waals surface area (Å²) in [6.45, 7) is 2.21. The van der Waals surface area contributed by atoms with Gasteiger partial charge in [0.2, 0.25) is 0 Å². The van der Waals surface area contributed by atoms with E-state index in [4.69, 9.17) is 0 Å². The zero-order chi connectivity index (χ0) is 19.0. The SMILES string of the molecule is CC(C(=O)O)c1ccc(N2Cc3ccccc3C2=O)cc1-c1ccccc1. The molecule has 134 valence electrons. The monoisotopic (exact) mass is 357 g/mol. The van der Waals surface area contributed by atoms with Crippen LogP contribution in [0.1, 0.15) is 34.3 Å². The number of carboxylic acids is 1. The number of amides is 1. The van der Waals surface area contributed by atoms with E-state index in [0.717, 1.165) is 33.5 Å². The lowest BCUT2D eigenvalue weighted by molar-refractivity contribution is -0.138. The van der Waals surface area contributed by atoms with Crippen molar-refractivity contribution in [2.75, 3.05) is 4.90 Å². The second-order valence-electron chi connectivity index (χ2n) is 6.75. The van der Waals surface area contributed by atoms with Crippen LogP contribution < -0.4 is 4.90 Å². The number of carboxylic acid groups (broad SMARTS) is 1. The Morgan fingerprint density at radius 2 is 1.67 bits per heavy atom. The first-order valence-electron chi connectivity index (χ1n) is 8.88. The predicted octanol–water partition coefficient (Wildman–Crippen LogP) is 4.70. The summed E-state index contributed by atoms with van der Waals surface area (Å²) in [7, 11) is 0. The van der Waals surface area contributed by atoms with E-state index in [-0.39, 0.29) is 5.91 Å². The maximum absolute atomic E-state index is 12.8. The number of fused-ring (bicyclic) bond motifs is 1. The quantitative estimate of drug-likeness (QED) is 0.736. The van der Waals surface area contributed by atoms with Gasteiger partial charge in [-0.15, -0.1) is 0 Å². The highest BCUT2D eigenvalue weighted by Crippen LogP contribution is 2.36. The smallest absolute Gasteiger partial charge is 0.310 e. The van der Waals surface area contributed by atoms with E-state index in [1.54, 1.807) is 11.8 Å². The van der Waals surface area contributed by atoms with Gasteiger partial charge >= 0.3 is 5.97 Å². The summed E-state index contributed by atoms with van der Waals surface area (Å²) in [6.07, 6.45) is 0. The molecule has 0 bridgehead atoms. The van der Waals surface area contributed by atoms with Gasteiger partial charge in [-0.1, -0.05) is 54.6 Å². The minimum Gasteiger partial charge on any atom is -0.481 e. The van der Waals surface area contributed by atoms with Crippen LogP contribution in [0.3, 0.4) is 0 Å². The van der Waals surface area contributed by atoms with Gasteiger partial charge in [0, 0.05) is 11.3 Å². The topological polar surface area (TPSA) is 57.6 Å². The molecule has 3 aromatic rings. The first-order valence-corrected chi connectivity index (χ1v) is 8.88. The highest BCUT2D eigenvalue weighted by Gasteiger charge is 2.29. The number of hydrogen-bond acceptors (Lipinski definition) is 2. The van der Waals surface area contributed by atoms with E-state index >= 15 is 0 Å². The van der Waals surface area contributed by atoms with Gasteiger partial charge < -0.3 is 10.0 Å². The third-order valence-corrected chi connectivity index (χ3v) is 5.09. The fourth-order valence-electron chi connectivity index (χ4n) is 3.55. The number of carbonyl (C=O) groups is 2. The first-order chi connectivity index (χ1) is 13.1. The van der Waals surface area contributed by atoms with Crippen molar-refractivity contribution >= 4 is 17.6 Å². The van der Waals surface area contributed by atoms with Crippen LogP contribution in [0.4, 0.5) is 5.69 Å². The van der Waals surface area contributed by atoms with Gasteiger partial charge in [0.05, 0.1) is 12.5 Å². The molecule has 1 aliphatic rings. The van der Waals surface area contributed by atoms with Crippen LogP contribution >= 0.6 is 0 Å². The molecule has 0 saturated heterocycles. The third-order valence-electron chi connectivity index (χ3n) is 5.09. The molecule has 0 aliphatic carbocycles. The van der Waals surface area contributed by atoms with E-state index in [2.05, 4.69) is 0 Å². The van der Waals surface area contributed by atoms with Crippen LogP contribution in [0.15, 0.2) is 72.8 Å². The molecule has 0 spiro atoms. The lowest BCUT2D eigenvalue weighted by Gasteiger charge is -2.20. The number of rotatable bonds is 4. The zero-order valence-corrected chi connectivity index (χ0v) is 14.9. The molecule has 0 saturated carbocycles. The number of carbonyl (C=O) groups excluding carboxylic acids is 1. The largest absolute Gasteiger partial charge is 0.481 e. The molecule has 4 heteroatoms. The summed E-state index contributed by atoms with van der Waals surface area (Å²) in [5.41, 5.74) is 5.02. The van der Waals surface area contributed by atoms with Crippen molar-refractivity contribution in [2.45, 2.75) is 19.4 Å². The van der Waals surface area contributed by atoms with Crippen LogP contribution in [0.2, 0.25) is 0 Å². The molecular formula is C23H19NO3. The Balaban J connectivity index is 1.81. The van der Waals surface area contributed by atoms with Gasteiger partial charge in [0.1, 0.15) is 0 Å². The average Bonchev–Trinajstić information content (AvgIpc) is 3.04. The second-order valence-corrected chi connectivity index (χ2v) is 6.75. The summed E-state index contributed by atoms with van der Waals surface area (Å²) in [5, 5.41) is 9.48. The van der Waals surface area contributed by atoms with Gasteiger partial charge in [0.25, 0.3) is 5.91 Å². The molecule has 0 fully saturated rings. The molecule has 4 nitrogen and oxygen atoms in total. The van der Waals surface area contributed by atoms with Gasteiger partial charge in [0.15, 0.2) is 0 Å². The zero-order valence-electron chi connectivity index (χ0n) is 14.9. The Bertz CT molecular complexity index is 1030. The molecule has 1 atom stereocenters. The van der Waals surface area contributed by atoms with E-state index in [9.17, 15) is 14.7 Å². The Morgan fingerprint density at radius 3 is 2.37 bits per heavy atom. The lowest BCUT2D eigenvalue weighted by Crippen LogP contribution is -2.23. The number of nitrogens with zero attached hydrogens (tertiary/aromatic N) is 1. The van der Waals surface area contributed by atoms with Crippen LogP contribution in [-0.2, 0) is 11.3 Å². The minimum atomic E-state index is -0.871. The van der Waals surface area contributed by atoms with Crippen LogP contribution in [-0.4, -0.2) is 17.0 Å². The molecule has 1 aliphatic heterocycles. The summed E-state index contributed by atoms with van der Waals surface area (Å²) in [6, 6.07) is 22.9. The van der Waals surface area contributed by atoms with Gasteiger partial charge in [-0.25, -0.2) is 0 Å². The molecule has 1 heterocycles. The summed E-state index contributed by atoms with van der Waals surface area (Å²) >= 11 is 0. The number of anilines is 1. The molecule has 3 aromatic carbocycles. The van der Waals surface area contributed by atoms with E-state index in [0.29, 0.717) is 6.54 Å². The van der Waals surface area contributed by atoms with E-state index in [1.807, 2.05) is 72.8 Å². The number of hydrogen-bond donors (Lipinski definition) is 1. The molecule has 1 unspecified atom stereocenters. The van der Waals surface area contributed by atoms with Gasteiger partial charge in [-0.2, -0.15) is 0 Å². The number of aliphatic carboxylic acids is 1. The van der Waals surface area contributed by atoms with E-state index in [1.165, 1.54) is 0 Å². The summed E-state index contributed by atoms with van der Waals surface area (Å²) < 4.78 is 0. The maximum atomic E-state index is 12.8. The van der Waals surface area contributed by atoms with Gasteiger partial charge in [-0.3, -0.25) is 9.59 Å². The molecule has 1 amide bonds. The van der Waals surface area contributed by atoms with Crippen LogP contribution in [0, 0.1) is 0 Å². The Kier molecular flexibility index (Phi) is 4.24. The second kappa shape index (κ2) is 6.72. The van der Waals surface area contributed by atoms with Crippen LogP contribution in [0.25, 0.3) is 11.1 Å². The predicted molar refractivity (Wildman–Crippen MR) is 105 cm³/mol. The molecule has 27 heavy (non-hydrogen) atoms. The van der Waals surface area contributed by atoms with Crippen molar-refractivity contribution in [3.63, 3.8) is 0 Å². The molecule has 1 N–H and O–H groups in total. The summed E-state index contributed by atoms with van der Waals surface area (Å²) in [4.78, 5) is 26.1. The van der Waals surface area contributed by atoms with Crippen molar-refractivity contribution in [3.8, 4) is 11.1 Å². The normalized spacial score (nSPS) is 14.1. The molecular weight excluding hydrogens is 338 g/mol. The highest BCUT2D eigenvalue weighted by atomic mass is 16.4. The van der Waals surface area contributed by atoms with E-state index < -0.39 is 11.9 Å². The number of benzene rings is 3. The Labute approximate surface area is 157 Å².